The summed E-state index contributed by atoms with van der Waals surface area (Å²) in [5.41, 5.74) is 1.87. The number of benzene rings is 1. The van der Waals surface area contributed by atoms with Crippen molar-refractivity contribution in [2.75, 3.05) is 25.1 Å². The number of hydrogen-bond donors (Lipinski definition) is 0. The van der Waals surface area contributed by atoms with Crippen LogP contribution in [0.1, 0.15) is 17.8 Å². The van der Waals surface area contributed by atoms with Gasteiger partial charge in [0.15, 0.2) is 0 Å². The molecule has 0 radical (unpaired) electrons. The minimum Gasteiger partial charge on any atom is -0.481 e. The highest BCUT2D eigenvalue weighted by molar-refractivity contribution is 6.31. The summed E-state index contributed by atoms with van der Waals surface area (Å²) in [5, 5.41) is 9.20. The topological polar surface area (TPSA) is 56.1 Å². The molecule has 144 valence electrons. The van der Waals surface area contributed by atoms with Crippen LogP contribution in [0.2, 0.25) is 5.02 Å². The fraction of sp³-hybridized carbons (Fsp3) is 0.350. The predicted molar refractivity (Wildman–Crippen MR) is 104 cm³/mol. The van der Waals surface area contributed by atoms with Crippen molar-refractivity contribution in [3.05, 3.63) is 58.8 Å². The van der Waals surface area contributed by atoms with Gasteiger partial charge in [0.25, 0.3) is 0 Å². The van der Waals surface area contributed by atoms with Gasteiger partial charge in [0.1, 0.15) is 11.6 Å². The Morgan fingerprint density at radius 3 is 2.82 bits per heavy atom. The quantitative estimate of drug-likeness (QED) is 0.671. The highest BCUT2D eigenvalue weighted by Gasteiger charge is 2.62. The Morgan fingerprint density at radius 2 is 2.11 bits per heavy atom. The summed E-state index contributed by atoms with van der Waals surface area (Å²) < 4.78 is 20.6. The molecule has 6 nitrogen and oxygen atoms in total. The van der Waals surface area contributed by atoms with Gasteiger partial charge < -0.3 is 9.64 Å². The zero-order valence-electron chi connectivity index (χ0n) is 15.6. The van der Waals surface area contributed by atoms with Crippen LogP contribution in [0.3, 0.4) is 0 Å². The molecule has 5 rings (SSSR count). The number of anilines is 1. The number of aryl methyl sites for hydroxylation is 1. The summed E-state index contributed by atoms with van der Waals surface area (Å²) >= 11 is 6.37. The molecule has 1 aliphatic carbocycles. The van der Waals surface area contributed by atoms with Crippen LogP contribution in [-0.2, 0) is 5.41 Å². The van der Waals surface area contributed by atoms with Gasteiger partial charge in [-0.3, -0.25) is 4.57 Å². The third-order valence-electron chi connectivity index (χ3n) is 5.89. The second kappa shape index (κ2) is 6.17. The second-order valence-corrected chi connectivity index (χ2v) is 7.91. The van der Waals surface area contributed by atoms with Crippen molar-refractivity contribution < 1.29 is 9.13 Å². The van der Waals surface area contributed by atoms with E-state index in [1.54, 1.807) is 13.3 Å². The van der Waals surface area contributed by atoms with E-state index in [4.69, 9.17) is 16.3 Å². The third kappa shape index (κ3) is 2.57. The van der Waals surface area contributed by atoms with Gasteiger partial charge in [-0.05, 0) is 43.0 Å². The largest absolute Gasteiger partial charge is 0.481 e. The molecule has 1 aliphatic heterocycles. The van der Waals surface area contributed by atoms with Crippen LogP contribution < -0.4 is 9.64 Å². The van der Waals surface area contributed by atoms with Gasteiger partial charge in [0.05, 0.1) is 19.0 Å². The highest BCUT2D eigenvalue weighted by atomic mass is 35.5. The fourth-order valence-corrected chi connectivity index (χ4v) is 4.78. The SMILES string of the molecule is COc1ccc(-n2c(C)nnc2N2C[C@@H]3C[C@]3(c3ccc(F)cc3Cl)C2)cn1. The van der Waals surface area contributed by atoms with Gasteiger partial charge in [0.2, 0.25) is 11.8 Å². The molecule has 8 heteroatoms. The maximum Gasteiger partial charge on any atom is 0.231 e. The molecule has 2 aromatic heterocycles. The molecule has 1 aromatic carbocycles. The van der Waals surface area contributed by atoms with Crippen LogP contribution >= 0.6 is 11.6 Å². The lowest BCUT2D eigenvalue weighted by atomic mass is 9.95. The van der Waals surface area contributed by atoms with Gasteiger partial charge in [0, 0.05) is 29.6 Å². The van der Waals surface area contributed by atoms with Gasteiger partial charge in [-0.25, -0.2) is 9.37 Å². The molecule has 2 fully saturated rings. The van der Waals surface area contributed by atoms with Crippen molar-refractivity contribution >= 4 is 17.5 Å². The first-order valence-corrected chi connectivity index (χ1v) is 9.52. The minimum atomic E-state index is -0.306. The van der Waals surface area contributed by atoms with Crippen molar-refractivity contribution in [3.63, 3.8) is 0 Å². The summed E-state index contributed by atoms with van der Waals surface area (Å²) in [6.07, 6.45) is 2.81. The molecule has 1 saturated carbocycles. The molecule has 2 atom stereocenters. The molecule has 3 aromatic rings. The van der Waals surface area contributed by atoms with E-state index in [1.165, 1.54) is 12.1 Å². The summed E-state index contributed by atoms with van der Waals surface area (Å²) in [7, 11) is 1.59. The summed E-state index contributed by atoms with van der Waals surface area (Å²) in [5.74, 6) is 2.31. The van der Waals surface area contributed by atoms with E-state index in [2.05, 4.69) is 20.1 Å². The lowest BCUT2D eigenvalue weighted by molar-refractivity contribution is 0.398. The van der Waals surface area contributed by atoms with Crippen molar-refractivity contribution in [2.24, 2.45) is 5.92 Å². The first-order valence-electron chi connectivity index (χ1n) is 9.15. The Morgan fingerprint density at radius 1 is 1.25 bits per heavy atom. The predicted octanol–water partition coefficient (Wildman–Crippen LogP) is 3.55. The maximum atomic E-state index is 13.5. The van der Waals surface area contributed by atoms with E-state index in [-0.39, 0.29) is 11.2 Å². The lowest BCUT2D eigenvalue weighted by Gasteiger charge is -2.23. The number of aromatic nitrogens is 4. The normalized spacial score (nSPS) is 23.0. The molecule has 0 N–H and O–H groups in total. The summed E-state index contributed by atoms with van der Waals surface area (Å²) in [6, 6.07) is 8.47. The molecule has 0 bridgehead atoms. The lowest BCUT2D eigenvalue weighted by Crippen LogP contribution is -2.29. The van der Waals surface area contributed by atoms with Crippen molar-refractivity contribution in [1.29, 1.82) is 0 Å². The summed E-state index contributed by atoms with van der Waals surface area (Å²) in [4.78, 5) is 6.53. The van der Waals surface area contributed by atoms with Crippen LogP contribution in [0.5, 0.6) is 5.88 Å². The standard InChI is InChI=1S/C20H19ClFN5O/c1-12-24-25-19(27(12)15-4-6-18(28-2)23-9-15)26-10-13-8-20(13,11-26)16-5-3-14(22)7-17(16)21/h3-7,9,13H,8,10-11H2,1-2H3/t13-,20-/m0/s1. The van der Waals surface area contributed by atoms with Crippen LogP contribution in [0.25, 0.3) is 5.69 Å². The van der Waals surface area contributed by atoms with Gasteiger partial charge >= 0.3 is 0 Å². The minimum absolute atomic E-state index is 0.0341. The fourth-order valence-electron chi connectivity index (χ4n) is 4.43. The molecule has 3 heterocycles. The van der Waals surface area contributed by atoms with E-state index >= 15 is 0 Å². The molecule has 0 spiro atoms. The monoisotopic (exact) mass is 399 g/mol. The van der Waals surface area contributed by atoms with E-state index in [9.17, 15) is 4.39 Å². The molecule has 0 amide bonds. The zero-order chi connectivity index (χ0) is 19.5. The number of halogens is 2. The molecule has 2 aliphatic rings. The number of methoxy groups -OCH3 is 1. The van der Waals surface area contributed by atoms with Crippen LogP contribution in [0.15, 0.2) is 36.5 Å². The Kier molecular flexibility index (Phi) is 3.84. The Balaban J connectivity index is 1.47. The Labute approximate surface area is 166 Å². The number of hydrogen-bond acceptors (Lipinski definition) is 5. The van der Waals surface area contributed by atoms with Crippen LogP contribution in [0, 0.1) is 18.7 Å². The van der Waals surface area contributed by atoms with Gasteiger partial charge in [-0.1, -0.05) is 17.7 Å². The molecular weight excluding hydrogens is 381 g/mol. The maximum absolute atomic E-state index is 13.5. The number of pyridine rings is 1. The number of rotatable bonds is 4. The Hall–Kier alpha value is -2.67. The Bertz CT molecular complexity index is 1050. The van der Waals surface area contributed by atoms with E-state index < -0.39 is 0 Å². The average molecular weight is 400 g/mol. The number of ether oxygens (including phenoxy) is 1. The smallest absolute Gasteiger partial charge is 0.231 e. The molecule has 0 unspecified atom stereocenters. The van der Waals surface area contributed by atoms with Crippen molar-refractivity contribution in [3.8, 4) is 11.6 Å². The molecule has 28 heavy (non-hydrogen) atoms. The molecular formula is C20H19ClFN5O. The number of piperidine rings is 1. The third-order valence-corrected chi connectivity index (χ3v) is 6.20. The molecule has 1 saturated heterocycles. The second-order valence-electron chi connectivity index (χ2n) is 7.50. The van der Waals surface area contributed by atoms with Crippen LogP contribution in [0.4, 0.5) is 10.3 Å². The van der Waals surface area contributed by atoms with Crippen molar-refractivity contribution in [1.82, 2.24) is 19.7 Å². The van der Waals surface area contributed by atoms with Crippen LogP contribution in [-0.4, -0.2) is 39.9 Å². The van der Waals surface area contributed by atoms with Crippen molar-refractivity contribution in [2.45, 2.75) is 18.8 Å². The van der Waals surface area contributed by atoms with E-state index in [1.807, 2.05) is 29.7 Å². The summed E-state index contributed by atoms with van der Waals surface area (Å²) in [6.45, 7) is 3.57. The number of nitrogens with zero attached hydrogens (tertiary/aromatic N) is 5. The van der Waals surface area contributed by atoms with E-state index in [0.29, 0.717) is 16.8 Å². The highest BCUT2D eigenvalue weighted by Crippen LogP contribution is 2.60. The first-order chi connectivity index (χ1) is 13.5. The van der Waals surface area contributed by atoms with E-state index in [0.717, 1.165) is 42.5 Å². The van der Waals surface area contributed by atoms with Gasteiger partial charge in [-0.15, -0.1) is 10.2 Å². The average Bonchev–Trinajstić information content (AvgIpc) is 3.04. The van der Waals surface area contributed by atoms with Gasteiger partial charge in [-0.2, -0.15) is 0 Å². The zero-order valence-corrected chi connectivity index (χ0v) is 16.3. The number of fused-ring (bicyclic) bond motifs is 1. The first kappa shape index (κ1) is 17.4.